The molecule has 4 heteroatoms. The number of aliphatic hydroxyl groups is 1. The zero-order chi connectivity index (χ0) is 14.6. The number of hydrogen-bond donors (Lipinski definition) is 3. The second-order valence-electron chi connectivity index (χ2n) is 6.02. The molecule has 1 fully saturated rings. The topological polar surface area (TPSA) is 61.4 Å². The molecule has 0 aromatic heterocycles. The summed E-state index contributed by atoms with van der Waals surface area (Å²) in [7, 11) is 0. The third-order valence-electron chi connectivity index (χ3n) is 4.06. The largest absolute Gasteiger partial charge is 0.396 e. The van der Waals surface area contributed by atoms with Crippen LogP contribution in [-0.2, 0) is 4.79 Å². The highest BCUT2D eigenvalue weighted by molar-refractivity contribution is 5.94. The molecule has 4 nitrogen and oxygen atoms in total. The van der Waals surface area contributed by atoms with Crippen molar-refractivity contribution in [2.24, 2.45) is 11.3 Å². The number of aliphatic hydroxyl groups excluding tert-OH is 1. The number of carbonyl (C=O) groups is 1. The van der Waals surface area contributed by atoms with Gasteiger partial charge in [0.1, 0.15) is 0 Å². The molecule has 0 aliphatic heterocycles. The molecule has 110 valence electrons. The lowest BCUT2D eigenvalue weighted by Gasteiger charge is -2.26. The zero-order valence-electron chi connectivity index (χ0n) is 12.3. The van der Waals surface area contributed by atoms with Gasteiger partial charge in [-0.15, -0.1) is 0 Å². The van der Waals surface area contributed by atoms with Gasteiger partial charge in [0, 0.05) is 29.3 Å². The maximum atomic E-state index is 11.6. The smallest absolute Gasteiger partial charge is 0.227 e. The molecule has 1 saturated carbocycles. The second-order valence-corrected chi connectivity index (χ2v) is 6.02. The Morgan fingerprint density at radius 1 is 1.30 bits per heavy atom. The van der Waals surface area contributed by atoms with Crippen LogP contribution < -0.4 is 10.6 Å². The Hall–Kier alpha value is -1.55. The van der Waals surface area contributed by atoms with E-state index in [2.05, 4.69) is 24.5 Å². The maximum absolute atomic E-state index is 11.6. The van der Waals surface area contributed by atoms with Gasteiger partial charge in [-0.05, 0) is 43.5 Å². The minimum atomic E-state index is -0.0984. The quantitative estimate of drug-likeness (QED) is 0.717. The first-order valence-corrected chi connectivity index (χ1v) is 7.32. The first-order valence-electron chi connectivity index (χ1n) is 7.32. The Morgan fingerprint density at radius 2 is 1.90 bits per heavy atom. The van der Waals surface area contributed by atoms with Gasteiger partial charge in [0.25, 0.3) is 0 Å². The van der Waals surface area contributed by atoms with Crippen molar-refractivity contribution in [2.75, 3.05) is 23.8 Å². The molecular formula is C16H24N2O2. The molecule has 1 amide bonds. The van der Waals surface area contributed by atoms with Gasteiger partial charge < -0.3 is 15.7 Å². The van der Waals surface area contributed by atoms with E-state index in [0.29, 0.717) is 0 Å². The summed E-state index contributed by atoms with van der Waals surface area (Å²) >= 11 is 0. The Bertz CT molecular complexity index is 448. The van der Waals surface area contributed by atoms with Crippen LogP contribution in [-0.4, -0.2) is 24.2 Å². The minimum Gasteiger partial charge on any atom is -0.396 e. The summed E-state index contributed by atoms with van der Waals surface area (Å²) in [6.45, 7) is 5.04. The van der Waals surface area contributed by atoms with Crippen molar-refractivity contribution in [1.29, 1.82) is 0 Å². The number of amides is 1. The molecule has 1 aliphatic carbocycles. The van der Waals surface area contributed by atoms with Crippen LogP contribution in [0.15, 0.2) is 24.3 Å². The first-order chi connectivity index (χ1) is 9.56. The minimum absolute atomic E-state index is 0.0984. The van der Waals surface area contributed by atoms with E-state index in [9.17, 15) is 9.90 Å². The molecule has 1 aromatic carbocycles. The highest BCUT2D eigenvalue weighted by Gasteiger charge is 2.29. The van der Waals surface area contributed by atoms with Crippen LogP contribution in [0.1, 0.15) is 33.1 Å². The Kier molecular flexibility index (Phi) is 4.65. The molecule has 1 unspecified atom stereocenters. The molecule has 0 saturated heterocycles. The van der Waals surface area contributed by atoms with Gasteiger partial charge in [-0.25, -0.2) is 0 Å². The average molecular weight is 276 g/mol. The number of anilines is 2. The van der Waals surface area contributed by atoms with E-state index < -0.39 is 0 Å². The molecule has 0 heterocycles. The third kappa shape index (κ3) is 3.97. The van der Waals surface area contributed by atoms with E-state index in [0.717, 1.165) is 37.2 Å². The summed E-state index contributed by atoms with van der Waals surface area (Å²) in [6.07, 6.45) is 2.95. The van der Waals surface area contributed by atoms with Crippen LogP contribution in [0.25, 0.3) is 0 Å². The number of rotatable bonds is 7. The predicted octanol–water partition coefficient (Wildman–Crippen LogP) is 2.86. The Balaban J connectivity index is 1.86. The normalized spacial score (nSPS) is 17.4. The fourth-order valence-electron chi connectivity index (χ4n) is 1.87. The van der Waals surface area contributed by atoms with Crippen LogP contribution >= 0.6 is 0 Å². The number of carbonyl (C=O) groups excluding carboxylic acids is 1. The van der Waals surface area contributed by atoms with Crippen LogP contribution in [0.4, 0.5) is 11.4 Å². The molecule has 0 radical (unpaired) electrons. The van der Waals surface area contributed by atoms with E-state index in [1.54, 1.807) is 0 Å². The van der Waals surface area contributed by atoms with E-state index in [-0.39, 0.29) is 23.8 Å². The van der Waals surface area contributed by atoms with Crippen molar-refractivity contribution in [2.45, 2.75) is 33.1 Å². The molecule has 1 aliphatic rings. The molecule has 20 heavy (non-hydrogen) atoms. The average Bonchev–Trinajstić information content (AvgIpc) is 3.31. The Morgan fingerprint density at radius 3 is 2.40 bits per heavy atom. The van der Waals surface area contributed by atoms with Crippen LogP contribution in [0.3, 0.4) is 0 Å². The van der Waals surface area contributed by atoms with Crippen molar-refractivity contribution >= 4 is 17.3 Å². The monoisotopic (exact) mass is 276 g/mol. The molecule has 1 aromatic rings. The number of benzene rings is 1. The highest BCUT2D eigenvalue weighted by Crippen LogP contribution is 2.30. The predicted molar refractivity (Wildman–Crippen MR) is 81.8 cm³/mol. The summed E-state index contributed by atoms with van der Waals surface area (Å²) in [5.74, 6) is 0.354. The van der Waals surface area contributed by atoms with Gasteiger partial charge in [-0.1, -0.05) is 13.8 Å². The SMILES string of the molecule is CCC(C)(CO)CNc1ccc(NC(=O)C2CC2)cc1. The summed E-state index contributed by atoms with van der Waals surface area (Å²) in [4.78, 5) is 11.6. The summed E-state index contributed by atoms with van der Waals surface area (Å²) in [6, 6.07) is 7.72. The van der Waals surface area contributed by atoms with E-state index in [4.69, 9.17) is 0 Å². The lowest BCUT2D eigenvalue weighted by Crippen LogP contribution is -2.29. The standard InChI is InChI=1S/C16H24N2O2/c1-3-16(2,11-19)10-17-13-6-8-14(9-7-13)18-15(20)12-4-5-12/h6-9,12,17,19H,3-5,10-11H2,1-2H3,(H,18,20). The molecule has 0 spiro atoms. The lowest BCUT2D eigenvalue weighted by molar-refractivity contribution is -0.117. The van der Waals surface area contributed by atoms with Crippen LogP contribution in [0, 0.1) is 11.3 Å². The van der Waals surface area contributed by atoms with Gasteiger partial charge in [0.05, 0.1) is 6.61 Å². The summed E-state index contributed by atoms with van der Waals surface area (Å²) in [5.41, 5.74) is 1.74. The van der Waals surface area contributed by atoms with Crippen LogP contribution in [0.2, 0.25) is 0 Å². The van der Waals surface area contributed by atoms with Crippen molar-refractivity contribution in [3.8, 4) is 0 Å². The molecular weight excluding hydrogens is 252 g/mol. The number of hydrogen-bond acceptors (Lipinski definition) is 3. The van der Waals surface area contributed by atoms with E-state index in [1.807, 2.05) is 24.3 Å². The van der Waals surface area contributed by atoms with Crippen molar-refractivity contribution in [3.05, 3.63) is 24.3 Å². The van der Waals surface area contributed by atoms with Crippen molar-refractivity contribution in [1.82, 2.24) is 0 Å². The van der Waals surface area contributed by atoms with Gasteiger partial charge in [0.15, 0.2) is 0 Å². The summed E-state index contributed by atoms with van der Waals surface area (Å²) in [5, 5.41) is 15.6. The number of nitrogens with one attached hydrogen (secondary N) is 2. The molecule has 0 bridgehead atoms. The fraction of sp³-hybridized carbons (Fsp3) is 0.562. The maximum Gasteiger partial charge on any atom is 0.227 e. The van der Waals surface area contributed by atoms with Crippen molar-refractivity contribution in [3.63, 3.8) is 0 Å². The lowest BCUT2D eigenvalue weighted by atomic mass is 9.88. The van der Waals surface area contributed by atoms with Gasteiger partial charge in [-0.2, -0.15) is 0 Å². The van der Waals surface area contributed by atoms with Crippen LogP contribution in [0.5, 0.6) is 0 Å². The van der Waals surface area contributed by atoms with Gasteiger partial charge in [0.2, 0.25) is 5.91 Å². The third-order valence-corrected chi connectivity index (χ3v) is 4.06. The van der Waals surface area contributed by atoms with E-state index in [1.165, 1.54) is 0 Å². The Labute approximate surface area is 120 Å². The highest BCUT2D eigenvalue weighted by atomic mass is 16.3. The van der Waals surface area contributed by atoms with Gasteiger partial charge in [-0.3, -0.25) is 4.79 Å². The molecule has 1 atom stereocenters. The van der Waals surface area contributed by atoms with Gasteiger partial charge >= 0.3 is 0 Å². The first kappa shape index (κ1) is 14.9. The second kappa shape index (κ2) is 6.27. The molecule has 2 rings (SSSR count). The fourth-order valence-corrected chi connectivity index (χ4v) is 1.87. The zero-order valence-corrected chi connectivity index (χ0v) is 12.3. The van der Waals surface area contributed by atoms with Crippen molar-refractivity contribution < 1.29 is 9.90 Å². The van der Waals surface area contributed by atoms with E-state index >= 15 is 0 Å². The summed E-state index contributed by atoms with van der Waals surface area (Å²) < 4.78 is 0. The molecule has 3 N–H and O–H groups in total.